The summed E-state index contributed by atoms with van der Waals surface area (Å²) in [4.78, 5) is 0. The largest absolute Gasteiger partial charge is 0.496 e. The van der Waals surface area contributed by atoms with Crippen molar-refractivity contribution in [3.8, 4) is 11.5 Å². The van der Waals surface area contributed by atoms with E-state index in [-0.39, 0.29) is 0 Å². The first-order valence-electron chi connectivity index (χ1n) is 8.24. The normalized spacial score (nSPS) is 16.0. The molecule has 0 aromatic heterocycles. The third-order valence-corrected chi connectivity index (χ3v) is 4.38. The van der Waals surface area contributed by atoms with Gasteiger partial charge in [0.2, 0.25) is 0 Å². The lowest BCUT2D eigenvalue weighted by Gasteiger charge is -2.16. The van der Waals surface area contributed by atoms with Gasteiger partial charge in [-0.2, -0.15) is 0 Å². The topological polar surface area (TPSA) is 18.5 Å². The maximum Gasteiger partial charge on any atom is 0.126 e. The van der Waals surface area contributed by atoms with Crippen LogP contribution in [0.1, 0.15) is 68.9 Å². The van der Waals surface area contributed by atoms with Crippen LogP contribution in [0.3, 0.4) is 0 Å². The van der Waals surface area contributed by atoms with Crippen LogP contribution in [-0.4, -0.2) is 14.2 Å². The number of methoxy groups -OCH3 is 2. The highest BCUT2D eigenvalue weighted by atomic mass is 16.5. The zero-order chi connectivity index (χ0) is 15.1. The molecule has 116 valence electrons. The zero-order valence-electron chi connectivity index (χ0n) is 13.7. The quantitative estimate of drug-likeness (QED) is 0.553. The third-order valence-electron chi connectivity index (χ3n) is 4.38. The molecular formula is C19H28O2. The lowest BCUT2D eigenvalue weighted by Crippen LogP contribution is -2.00. The Labute approximate surface area is 129 Å². The van der Waals surface area contributed by atoms with Gasteiger partial charge in [0.25, 0.3) is 0 Å². The first-order chi connectivity index (χ1) is 10.3. The Morgan fingerprint density at radius 1 is 0.905 bits per heavy atom. The first-order valence-corrected chi connectivity index (χ1v) is 8.24. The second-order valence-corrected chi connectivity index (χ2v) is 5.82. The summed E-state index contributed by atoms with van der Waals surface area (Å²) in [7, 11) is 3.49. The summed E-state index contributed by atoms with van der Waals surface area (Å²) in [5, 5.41) is 0. The molecule has 0 bridgehead atoms. The molecule has 2 rings (SSSR count). The number of unbranched alkanes of at least 4 members (excludes halogenated alkanes) is 5. The minimum Gasteiger partial charge on any atom is -0.496 e. The van der Waals surface area contributed by atoms with Crippen molar-refractivity contribution in [2.45, 2.75) is 57.8 Å². The molecule has 21 heavy (non-hydrogen) atoms. The standard InChI is InChI=1S/C19H28O2/c1-4-5-6-7-8-9-10-15-11-12-16-17(20-2)13-14-18(21-3)19(15)16/h11-15H,4-10H2,1-3H3. The van der Waals surface area contributed by atoms with E-state index in [1.165, 1.54) is 56.1 Å². The van der Waals surface area contributed by atoms with Gasteiger partial charge in [-0.3, -0.25) is 0 Å². The van der Waals surface area contributed by atoms with Crippen molar-refractivity contribution < 1.29 is 9.47 Å². The molecule has 1 aromatic rings. The molecule has 0 spiro atoms. The average molecular weight is 288 g/mol. The fourth-order valence-corrected chi connectivity index (χ4v) is 3.20. The van der Waals surface area contributed by atoms with E-state index in [2.05, 4.69) is 19.1 Å². The van der Waals surface area contributed by atoms with Gasteiger partial charge in [-0.1, -0.05) is 57.6 Å². The summed E-state index contributed by atoms with van der Waals surface area (Å²) in [6.07, 6.45) is 13.8. The number of ether oxygens (including phenoxy) is 2. The van der Waals surface area contributed by atoms with Gasteiger partial charge in [-0.15, -0.1) is 0 Å². The fraction of sp³-hybridized carbons (Fsp3) is 0.579. The van der Waals surface area contributed by atoms with Gasteiger partial charge >= 0.3 is 0 Å². The summed E-state index contributed by atoms with van der Waals surface area (Å²) in [5.41, 5.74) is 2.51. The van der Waals surface area contributed by atoms with Gasteiger partial charge in [-0.25, -0.2) is 0 Å². The fourth-order valence-electron chi connectivity index (χ4n) is 3.20. The molecule has 0 heterocycles. The van der Waals surface area contributed by atoms with Crippen molar-refractivity contribution in [1.82, 2.24) is 0 Å². The van der Waals surface area contributed by atoms with E-state index in [0.717, 1.165) is 11.5 Å². The van der Waals surface area contributed by atoms with Crippen molar-refractivity contribution in [2.24, 2.45) is 0 Å². The van der Waals surface area contributed by atoms with Crippen LogP contribution < -0.4 is 9.47 Å². The molecule has 1 aromatic carbocycles. The molecule has 0 radical (unpaired) electrons. The number of rotatable bonds is 9. The van der Waals surface area contributed by atoms with Gasteiger partial charge in [0, 0.05) is 17.0 Å². The molecule has 0 saturated carbocycles. The molecule has 0 aliphatic heterocycles. The Bertz CT molecular complexity index is 477. The Morgan fingerprint density at radius 2 is 1.57 bits per heavy atom. The van der Waals surface area contributed by atoms with Crippen molar-refractivity contribution in [2.75, 3.05) is 14.2 Å². The highest BCUT2D eigenvalue weighted by molar-refractivity contribution is 5.71. The van der Waals surface area contributed by atoms with E-state index < -0.39 is 0 Å². The van der Waals surface area contributed by atoms with Crippen LogP contribution >= 0.6 is 0 Å². The average Bonchev–Trinajstić information content (AvgIpc) is 2.94. The Balaban J connectivity index is 1.95. The van der Waals surface area contributed by atoms with Crippen LogP contribution in [0.4, 0.5) is 0 Å². The third kappa shape index (κ3) is 3.81. The molecule has 1 aliphatic rings. The van der Waals surface area contributed by atoms with E-state index in [1.54, 1.807) is 14.2 Å². The summed E-state index contributed by atoms with van der Waals surface area (Å²) in [5.74, 6) is 2.43. The Morgan fingerprint density at radius 3 is 2.29 bits per heavy atom. The van der Waals surface area contributed by atoms with Crippen molar-refractivity contribution in [3.05, 3.63) is 29.3 Å². The second-order valence-electron chi connectivity index (χ2n) is 5.82. The highest BCUT2D eigenvalue weighted by Gasteiger charge is 2.24. The van der Waals surface area contributed by atoms with Gasteiger partial charge < -0.3 is 9.47 Å². The molecule has 2 nitrogen and oxygen atoms in total. The summed E-state index contributed by atoms with van der Waals surface area (Å²) in [6.45, 7) is 2.26. The van der Waals surface area contributed by atoms with Crippen LogP contribution in [0, 0.1) is 0 Å². The minimum atomic E-state index is 0.483. The van der Waals surface area contributed by atoms with Crippen LogP contribution in [0.15, 0.2) is 18.2 Å². The molecular weight excluding hydrogens is 260 g/mol. The van der Waals surface area contributed by atoms with Gasteiger partial charge in [0.1, 0.15) is 11.5 Å². The molecule has 0 N–H and O–H groups in total. The van der Waals surface area contributed by atoms with E-state index in [4.69, 9.17) is 9.47 Å². The van der Waals surface area contributed by atoms with Gasteiger partial charge in [0.15, 0.2) is 0 Å². The number of hydrogen-bond acceptors (Lipinski definition) is 2. The molecule has 0 fully saturated rings. The summed E-state index contributed by atoms with van der Waals surface area (Å²) < 4.78 is 11.0. The lowest BCUT2D eigenvalue weighted by atomic mass is 9.93. The number of hydrogen-bond donors (Lipinski definition) is 0. The molecule has 0 amide bonds. The van der Waals surface area contributed by atoms with Crippen molar-refractivity contribution in [1.29, 1.82) is 0 Å². The zero-order valence-corrected chi connectivity index (χ0v) is 13.7. The summed E-state index contributed by atoms with van der Waals surface area (Å²) >= 11 is 0. The maximum absolute atomic E-state index is 5.55. The van der Waals surface area contributed by atoms with Gasteiger partial charge in [0.05, 0.1) is 14.2 Å². The van der Waals surface area contributed by atoms with E-state index >= 15 is 0 Å². The SMILES string of the molecule is CCCCCCCCC1C=Cc2c(OC)ccc(OC)c21. The van der Waals surface area contributed by atoms with Crippen LogP contribution in [0.2, 0.25) is 0 Å². The van der Waals surface area contributed by atoms with E-state index in [1.807, 2.05) is 12.1 Å². The molecule has 2 heteroatoms. The minimum absolute atomic E-state index is 0.483. The second kappa shape index (κ2) is 8.11. The maximum atomic E-state index is 5.55. The van der Waals surface area contributed by atoms with Crippen LogP contribution in [-0.2, 0) is 0 Å². The molecule has 0 saturated heterocycles. The number of allylic oxidation sites excluding steroid dienone is 1. The summed E-state index contributed by atoms with van der Waals surface area (Å²) in [6, 6.07) is 4.02. The van der Waals surface area contributed by atoms with E-state index in [9.17, 15) is 0 Å². The van der Waals surface area contributed by atoms with Gasteiger partial charge in [-0.05, 0) is 18.6 Å². The van der Waals surface area contributed by atoms with E-state index in [0.29, 0.717) is 5.92 Å². The van der Waals surface area contributed by atoms with Crippen molar-refractivity contribution in [3.63, 3.8) is 0 Å². The van der Waals surface area contributed by atoms with Crippen LogP contribution in [0.25, 0.3) is 6.08 Å². The molecule has 1 atom stereocenters. The smallest absolute Gasteiger partial charge is 0.126 e. The monoisotopic (exact) mass is 288 g/mol. The predicted octanol–water partition coefficient (Wildman–Crippen LogP) is 5.56. The predicted molar refractivity (Wildman–Crippen MR) is 89.3 cm³/mol. The highest BCUT2D eigenvalue weighted by Crippen LogP contribution is 2.44. The lowest BCUT2D eigenvalue weighted by molar-refractivity contribution is 0.396. The molecule has 1 aliphatic carbocycles. The van der Waals surface area contributed by atoms with Crippen LogP contribution in [0.5, 0.6) is 11.5 Å². The Kier molecular flexibility index (Phi) is 6.16. The number of benzene rings is 1. The first kappa shape index (κ1) is 15.9. The number of fused-ring (bicyclic) bond motifs is 1. The molecule has 1 unspecified atom stereocenters. The van der Waals surface area contributed by atoms with Crippen molar-refractivity contribution >= 4 is 6.08 Å². The Hall–Kier alpha value is -1.44.